The lowest BCUT2D eigenvalue weighted by Gasteiger charge is -2.06. The van der Waals surface area contributed by atoms with Gasteiger partial charge in [0, 0.05) is 32.6 Å². The molecule has 0 saturated heterocycles. The largest absolute Gasteiger partial charge is 0.383 e. The van der Waals surface area contributed by atoms with Crippen molar-refractivity contribution in [3.63, 3.8) is 0 Å². The number of nitrogens with zero attached hydrogens (tertiary/aromatic N) is 2. The molecule has 17 heavy (non-hydrogen) atoms. The van der Waals surface area contributed by atoms with Crippen LogP contribution in [0.4, 0.5) is 0 Å². The normalized spacial score (nSPS) is 10.6. The number of ether oxygens (including phenoxy) is 1. The average molecular weight is 231 g/mol. The lowest BCUT2D eigenvalue weighted by Crippen LogP contribution is -2.18. The molecule has 2 aromatic rings. The van der Waals surface area contributed by atoms with Crippen molar-refractivity contribution in [3.8, 4) is 5.69 Å². The molecule has 4 heteroatoms. The fourth-order valence-electron chi connectivity index (χ4n) is 1.60. The average Bonchev–Trinajstić information content (AvgIpc) is 2.89. The second kappa shape index (κ2) is 6.18. The first kappa shape index (κ1) is 11.8. The molecule has 0 aliphatic heterocycles. The van der Waals surface area contributed by atoms with E-state index in [1.165, 1.54) is 5.56 Å². The lowest BCUT2D eigenvalue weighted by molar-refractivity contribution is 0.199. The Morgan fingerprint density at radius 3 is 2.76 bits per heavy atom. The zero-order valence-corrected chi connectivity index (χ0v) is 9.97. The molecule has 0 bridgehead atoms. The van der Waals surface area contributed by atoms with Gasteiger partial charge in [-0.05, 0) is 23.8 Å². The van der Waals surface area contributed by atoms with Crippen molar-refractivity contribution >= 4 is 0 Å². The van der Waals surface area contributed by atoms with E-state index < -0.39 is 0 Å². The maximum atomic E-state index is 4.97. The second-order valence-electron chi connectivity index (χ2n) is 3.79. The molecule has 1 aromatic heterocycles. The zero-order chi connectivity index (χ0) is 11.9. The quantitative estimate of drug-likeness (QED) is 0.768. The highest BCUT2D eigenvalue weighted by Gasteiger charge is 1.96. The molecule has 0 aliphatic rings. The number of nitrogens with one attached hydrogen (secondary N) is 1. The standard InChI is InChI=1S/C13H17N3O/c1-17-10-8-14-11-12-3-5-13(6-4-12)16-9-2-7-15-16/h2-7,9,14H,8,10-11H2,1H3. The first-order valence-electron chi connectivity index (χ1n) is 5.69. The molecule has 1 heterocycles. The fraction of sp³-hybridized carbons (Fsp3) is 0.308. The summed E-state index contributed by atoms with van der Waals surface area (Å²) in [7, 11) is 1.71. The van der Waals surface area contributed by atoms with Crippen molar-refractivity contribution in [1.29, 1.82) is 0 Å². The van der Waals surface area contributed by atoms with E-state index in [2.05, 4.69) is 34.7 Å². The van der Waals surface area contributed by atoms with Gasteiger partial charge in [-0.1, -0.05) is 12.1 Å². The van der Waals surface area contributed by atoms with Crippen LogP contribution in [0.15, 0.2) is 42.7 Å². The van der Waals surface area contributed by atoms with Gasteiger partial charge in [0.15, 0.2) is 0 Å². The number of benzene rings is 1. The van der Waals surface area contributed by atoms with Crippen molar-refractivity contribution in [2.24, 2.45) is 0 Å². The topological polar surface area (TPSA) is 39.1 Å². The van der Waals surface area contributed by atoms with E-state index in [0.717, 1.165) is 25.4 Å². The van der Waals surface area contributed by atoms with E-state index in [9.17, 15) is 0 Å². The van der Waals surface area contributed by atoms with Gasteiger partial charge >= 0.3 is 0 Å². The monoisotopic (exact) mass is 231 g/mol. The molecule has 0 aliphatic carbocycles. The number of hydrogen-bond acceptors (Lipinski definition) is 3. The molecule has 4 nitrogen and oxygen atoms in total. The predicted molar refractivity (Wildman–Crippen MR) is 67.1 cm³/mol. The van der Waals surface area contributed by atoms with Gasteiger partial charge in [-0.15, -0.1) is 0 Å². The maximum absolute atomic E-state index is 4.97. The zero-order valence-electron chi connectivity index (χ0n) is 9.97. The predicted octanol–water partition coefficient (Wildman–Crippen LogP) is 1.61. The summed E-state index contributed by atoms with van der Waals surface area (Å²) in [6.45, 7) is 2.48. The molecule has 90 valence electrons. The van der Waals surface area contributed by atoms with Gasteiger partial charge in [-0.25, -0.2) is 4.68 Å². The van der Waals surface area contributed by atoms with Crippen LogP contribution < -0.4 is 5.32 Å². The third kappa shape index (κ3) is 3.41. The Morgan fingerprint density at radius 1 is 1.29 bits per heavy atom. The van der Waals surface area contributed by atoms with Gasteiger partial charge in [0.05, 0.1) is 12.3 Å². The van der Waals surface area contributed by atoms with Gasteiger partial charge in [0.25, 0.3) is 0 Å². The molecular weight excluding hydrogens is 214 g/mol. The molecule has 0 amide bonds. The van der Waals surface area contributed by atoms with Gasteiger partial charge in [0.1, 0.15) is 0 Å². The van der Waals surface area contributed by atoms with E-state index in [4.69, 9.17) is 4.74 Å². The molecule has 2 rings (SSSR count). The van der Waals surface area contributed by atoms with Crippen LogP contribution in [0.1, 0.15) is 5.56 Å². The summed E-state index contributed by atoms with van der Waals surface area (Å²) in [5.41, 5.74) is 2.34. The summed E-state index contributed by atoms with van der Waals surface area (Å²) in [6, 6.07) is 10.3. The van der Waals surface area contributed by atoms with E-state index >= 15 is 0 Å². The van der Waals surface area contributed by atoms with E-state index in [1.807, 2.05) is 16.9 Å². The third-order valence-corrected chi connectivity index (χ3v) is 2.52. The van der Waals surface area contributed by atoms with Crippen molar-refractivity contribution in [3.05, 3.63) is 48.3 Å². The van der Waals surface area contributed by atoms with Crippen LogP contribution in [0.5, 0.6) is 0 Å². The molecule has 0 unspecified atom stereocenters. The number of methoxy groups -OCH3 is 1. The highest BCUT2D eigenvalue weighted by molar-refractivity contribution is 5.33. The lowest BCUT2D eigenvalue weighted by atomic mass is 10.2. The summed E-state index contributed by atoms with van der Waals surface area (Å²) in [5, 5.41) is 7.50. The fourth-order valence-corrected chi connectivity index (χ4v) is 1.60. The Balaban J connectivity index is 1.90. The Labute approximate surface area is 101 Å². The van der Waals surface area contributed by atoms with Crippen LogP contribution in [0.2, 0.25) is 0 Å². The van der Waals surface area contributed by atoms with Gasteiger partial charge in [-0.2, -0.15) is 5.10 Å². The second-order valence-corrected chi connectivity index (χ2v) is 3.79. The molecule has 1 N–H and O–H groups in total. The first-order valence-corrected chi connectivity index (χ1v) is 5.69. The van der Waals surface area contributed by atoms with Crippen molar-refractivity contribution in [2.45, 2.75) is 6.54 Å². The summed E-state index contributed by atoms with van der Waals surface area (Å²) in [5.74, 6) is 0. The van der Waals surface area contributed by atoms with E-state index in [1.54, 1.807) is 13.3 Å². The van der Waals surface area contributed by atoms with Gasteiger partial charge in [-0.3, -0.25) is 0 Å². The molecule has 1 aromatic carbocycles. The highest BCUT2D eigenvalue weighted by atomic mass is 16.5. The maximum Gasteiger partial charge on any atom is 0.0645 e. The molecule has 0 saturated carbocycles. The van der Waals surface area contributed by atoms with E-state index in [0.29, 0.717) is 0 Å². The number of hydrogen-bond donors (Lipinski definition) is 1. The summed E-state index contributed by atoms with van der Waals surface area (Å²) in [4.78, 5) is 0. The highest BCUT2D eigenvalue weighted by Crippen LogP contribution is 2.08. The Kier molecular flexibility index (Phi) is 4.30. The van der Waals surface area contributed by atoms with Crippen molar-refractivity contribution < 1.29 is 4.74 Å². The minimum atomic E-state index is 0.741. The van der Waals surface area contributed by atoms with Crippen LogP contribution in [-0.2, 0) is 11.3 Å². The molecule has 0 fully saturated rings. The third-order valence-electron chi connectivity index (χ3n) is 2.52. The molecule has 0 spiro atoms. The number of aromatic nitrogens is 2. The summed E-state index contributed by atoms with van der Waals surface area (Å²) < 4.78 is 6.82. The van der Waals surface area contributed by atoms with Crippen molar-refractivity contribution in [1.82, 2.24) is 15.1 Å². The van der Waals surface area contributed by atoms with Gasteiger partial charge < -0.3 is 10.1 Å². The minimum Gasteiger partial charge on any atom is -0.383 e. The molecular formula is C13H17N3O. The van der Waals surface area contributed by atoms with Crippen molar-refractivity contribution in [2.75, 3.05) is 20.3 Å². The van der Waals surface area contributed by atoms with Crippen LogP contribution >= 0.6 is 0 Å². The van der Waals surface area contributed by atoms with Crippen LogP contribution in [0.3, 0.4) is 0 Å². The Morgan fingerprint density at radius 2 is 2.12 bits per heavy atom. The van der Waals surface area contributed by atoms with Crippen LogP contribution in [0.25, 0.3) is 5.69 Å². The minimum absolute atomic E-state index is 0.741. The van der Waals surface area contributed by atoms with Gasteiger partial charge in [0.2, 0.25) is 0 Å². The first-order chi connectivity index (χ1) is 8.40. The smallest absolute Gasteiger partial charge is 0.0645 e. The van der Waals surface area contributed by atoms with Crippen LogP contribution in [-0.4, -0.2) is 30.0 Å². The number of rotatable bonds is 6. The molecule has 0 atom stereocenters. The molecule has 0 radical (unpaired) electrons. The summed E-state index contributed by atoms with van der Waals surface area (Å²) >= 11 is 0. The Bertz CT molecular complexity index is 422. The Hall–Kier alpha value is -1.65. The van der Waals surface area contributed by atoms with Crippen LogP contribution in [0, 0.1) is 0 Å². The SMILES string of the molecule is COCCNCc1ccc(-n2cccn2)cc1. The summed E-state index contributed by atoms with van der Waals surface area (Å²) in [6.07, 6.45) is 3.71. The van der Waals surface area contributed by atoms with E-state index in [-0.39, 0.29) is 0 Å².